The van der Waals surface area contributed by atoms with Gasteiger partial charge in [0.2, 0.25) is 0 Å². The highest BCUT2D eigenvalue weighted by molar-refractivity contribution is 9.10. The molecule has 16 heavy (non-hydrogen) atoms. The van der Waals surface area contributed by atoms with Crippen molar-refractivity contribution in [3.05, 3.63) is 44.2 Å². The second-order valence-corrected chi connectivity index (χ2v) is 4.27. The first kappa shape index (κ1) is 11.3. The molecule has 0 amide bonds. The second kappa shape index (κ2) is 3.97. The number of aromatic nitrogens is 1. The molecule has 0 aliphatic rings. The molecule has 5 heteroatoms. The third kappa shape index (κ3) is 1.65. The second-order valence-electron chi connectivity index (χ2n) is 3.42. The van der Waals surface area contributed by atoms with Crippen LogP contribution in [0.2, 0.25) is 0 Å². The topological polar surface area (TPSA) is 32.9 Å². The van der Waals surface area contributed by atoms with E-state index in [9.17, 15) is 13.6 Å². The van der Waals surface area contributed by atoms with Crippen LogP contribution in [-0.2, 0) is 6.42 Å². The molecule has 0 saturated carbocycles. The van der Waals surface area contributed by atoms with Gasteiger partial charge in [0, 0.05) is 11.8 Å². The summed E-state index contributed by atoms with van der Waals surface area (Å²) in [4.78, 5) is 14.4. The minimum atomic E-state index is -0.736. The number of benzene rings is 1. The molecular formula is C11H8BrF2NO. The van der Waals surface area contributed by atoms with Crippen molar-refractivity contribution < 1.29 is 8.78 Å². The average Bonchev–Trinajstić information content (AvgIpc) is 2.25. The lowest BCUT2D eigenvalue weighted by atomic mass is 10.1. The van der Waals surface area contributed by atoms with E-state index >= 15 is 0 Å². The molecule has 0 fully saturated rings. The van der Waals surface area contributed by atoms with Crippen LogP contribution in [0.25, 0.3) is 10.9 Å². The molecule has 2 rings (SSSR count). The fourth-order valence-electron chi connectivity index (χ4n) is 1.57. The molecule has 0 unspecified atom stereocenters. The van der Waals surface area contributed by atoms with E-state index in [1.165, 1.54) is 6.07 Å². The van der Waals surface area contributed by atoms with Crippen LogP contribution < -0.4 is 5.43 Å². The fourth-order valence-corrected chi connectivity index (χ4v) is 1.97. The molecule has 1 aromatic carbocycles. The summed E-state index contributed by atoms with van der Waals surface area (Å²) in [5.74, 6) is -1.38. The van der Waals surface area contributed by atoms with Crippen LogP contribution in [0.15, 0.2) is 21.4 Å². The quantitative estimate of drug-likeness (QED) is 0.803. The molecule has 2 aromatic rings. The molecule has 84 valence electrons. The van der Waals surface area contributed by atoms with Crippen LogP contribution in [0.5, 0.6) is 0 Å². The maximum atomic E-state index is 13.6. The molecule has 0 radical (unpaired) electrons. The first-order valence-electron chi connectivity index (χ1n) is 4.74. The number of aryl methyl sites for hydroxylation is 1. The van der Waals surface area contributed by atoms with Gasteiger partial charge in [-0.3, -0.25) is 4.79 Å². The molecule has 2 nitrogen and oxygen atoms in total. The number of hydrogen-bond donors (Lipinski definition) is 1. The van der Waals surface area contributed by atoms with Gasteiger partial charge in [0.15, 0.2) is 11.2 Å². The predicted octanol–water partition coefficient (Wildman–Crippen LogP) is 3.13. The summed E-state index contributed by atoms with van der Waals surface area (Å²) in [5.41, 5.74) is -0.00790. The third-order valence-corrected chi connectivity index (χ3v) is 2.97. The SMILES string of the molecule is CCc1cc(=O)c2c(F)c(Br)cc(F)c2[nH]1. The molecule has 0 saturated heterocycles. The van der Waals surface area contributed by atoms with Gasteiger partial charge < -0.3 is 4.98 Å². The van der Waals surface area contributed by atoms with E-state index in [2.05, 4.69) is 20.9 Å². The van der Waals surface area contributed by atoms with E-state index in [1.54, 1.807) is 0 Å². The standard InChI is InChI=1S/C11H8BrF2NO/c1-2-5-3-8(16)9-10(14)6(12)4-7(13)11(9)15-5/h3-4H,2H2,1H3,(H,15,16). The Morgan fingerprint density at radius 3 is 2.69 bits per heavy atom. The Hall–Kier alpha value is -1.23. The highest BCUT2D eigenvalue weighted by Gasteiger charge is 2.14. The van der Waals surface area contributed by atoms with E-state index in [-0.39, 0.29) is 15.4 Å². The largest absolute Gasteiger partial charge is 0.356 e. The lowest BCUT2D eigenvalue weighted by Gasteiger charge is -2.05. The Labute approximate surface area is 98.4 Å². The summed E-state index contributed by atoms with van der Waals surface area (Å²) in [6, 6.07) is 2.30. The molecule has 1 N–H and O–H groups in total. The smallest absolute Gasteiger partial charge is 0.192 e. The van der Waals surface area contributed by atoms with Crippen LogP contribution >= 0.6 is 15.9 Å². The van der Waals surface area contributed by atoms with Gasteiger partial charge in [0.05, 0.1) is 15.4 Å². The molecular weight excluding hydrogens is 280 g/mol. The van der Waals surface area contributed by atoms with E-state index in [0.717, 1.165) is 6.07 Å². The lowest BCUT2D eigenvalue weighted by molar-refractivity contribution is 0.609. The molecule has 0 aliphatic carbocycles. The van der Waals surface area contributed by atoms with Crippen LogP contribution in [0.3, 0.4) is 0 Å². The highest BCUT2D eigenvalue weighted by Crippen LogP contribution is 2.24. The maximum Gasteiger partial charge on any atom is 0.192 e. The molecule has 0 aliphatic heterocycles. The average molecular weight is 288 g/mol. The minimum Gasteiger partial charge on any atom is -0.356 e. The Bertz CT molecular complexity index is 621. The summed E-state index contributed by atoms with van der Waals surface area (Å²) in [7, 11) is 0. The summed E-state index contributed by atoms with van der Waals surface area (Å²) in [6.45, 7) is 1.82. The van der Waals surface area contributed by atoms with Crippen molar-refractivity contribution in [2.75, 3.05) is 0 Å². The van der Waals surface area contributed by atoms with Gasteiger partial charge in [-0.25, -0.2) is 8.78 Å². The van der Waals surface area contributed by atoms with Crippen molar-refractivity contribution in [1.82, 2.24) is 4.98 Å². The van der Waals surface area contributed by atoms with Crippen molar-refractivity contribution in [2.24, 2.45) is 0 Å². The molecule has 0 bridgehead atoms. The predicted molar refractivity (Wildman–Crippen MR) is 61.6 cm³/mol. The van der Waals surface area contributed by atoms with Crippen LogP contribution in [0.4, 0.5) is 8.78 Å². The van der Waals surface area contributed by atoms with Crippen molar-refractivity contribution in [3.8, 4) is 0 Å². The zero-order valence-electron chi connectivity index (χ0n) is 8.40. The van der Waals surface area contributed by atoms with E-state index in [0.29, 0.717) is 12.1 Å². The van der Waals surface area contributed by atoms with Gasteiger partial charge in [0.1, 0.15) is 5.82 Å². The number of fused-ring (bicyclic) bond motifs is 1. The van der Waals surface area contributed by atoms with Crippen molar-refractivity contribution in [2.45, 2.75) is 13.3 Å². The minimum absolute atomic E-state index is 0.0488. The Balaban J connectivity index is 3.00. The van der Waals surface area contributed by atoms with Crippen molar-refractivity contribution >= 4 is 26.8 Å². The summed E-state index contributed by atoms with van der Waals surface area (Å²) >= 11 is 2.87. The Kier molecular flexibility index (Phi) is 2.80. The zero-order chi connectivity index (χ0) is 11.9. The number of nitrogens with one attached hydrogen (secondary N) is 1. The first-order valence-corrected chi connectivity index (χ1v) is 5.53. The molecule has 0 atom stereocenters. The van der Waals surface area contributed by atoms with Gasteiger partial charge in [-0.2, -0.15) is 0 Å². The third-order valence-electron chi connectivity index (χ3n) is 2.39. The summed E-state index contributed by atoms with van der Waals surface area (Å²) < 4.78 is 27.1. The Morgan fingerprint density at radius 1 is 1.38 bits per heavy atom. The lowest BCUT2D eigenvalue weighted by Crippen LogP contribution is -2.08. The van der Waals surface area contributed by atoms with Gasteiger partial charge >= 0.3 is 0 Å². The van der Waals surface area contributed by atoms with Crippen molar-refractivity contribution in [1.29, 1.82) is 0 Å². The Morgan fingerprint density at radius 2 is 2.06 bits per heavy atom. The van der Waals surface area contributed by atoms with Gasteiger partial charge in [0.25, 0.3) is 0 Å². The van der Waals surface area contributed by atoms with E-state index in [1.807, 2.05) is 6.92 Å². The van der Waals surface area contributed by atoms with Crippen LogP contribution in [0.1, 0.15) is 12.6 Å². The number of halogens is 3. The van der Waals surface area contributed by atoms with E-state index < -0.39 is 17.1 Å². The van der Waals surface area contributed by atoms with Crippen LogP contribution in [0, 0.1) is 11.6 Å². The molecule has 1 aromatic heterocycles. The number of aromatic amines is 1. The van der Waals surface area contributed by atoms with Gasteiger partial charge in [-0.05, 0) is 28.4 Å². The molecule has 1 heterocycles. The normalized spacial score (nSPS) is 11.0. The summed E-state index contributed by atoms with van der Waals surface area (Å²) in [6.07, 6.45) is 0.558. The fraction of sp³-hybridized carbons (Fsp3) is 0.182. The van der Waals surface area contributed by atoms with Gasteiger partial charge in [-0.1, -0.05) is 6.92 Å². The number of pyridine rings is 1. The zero-order valence-corrected chi connectivity index (χ0v) is 9.99. The number of hydrogen-bond acceptors (Lipinski definition) is 1. The van der Waals surface area contributed by atoms with E-state index in [4.69, 9.17) is 0 Å². The van der Waals surface area contributed by atoms with Gasteiger partial charge in [-0.15, -0.1) is 0 Å². The van der Waals surface area contributed by atoms with Crippen molar-refractivity contribution in [3.63, 3.8) is 0 Å². The van der Waals surface area contributed by atoms with Crippen LogP contribution in [-0.4, -0.2) is 4.98 Å². The monoisotopic (exact) mass is 287 g/mol. The molecule has 0 spiro atoms. The summed E-state index contributed by atoms with van der Waals surface area (Å²) in [5, 5.41) is -0.246. The number of H-pyrrole nitrogens is 1. The highest BCUT2D eigenvalue weighted by atomic mass is 79.9. The maximum absolute atomic E-state index is 13.6. The number of rotatable bonds is 1. The first-order chi connectivity index (χ1) is 7.54.